The summed E-state index contributed by atoms with van der Waals surface area (Å²) >= 11 is 0. The van der Waals surface area contributed by atoms with Crippen molar-refractivity contribution in [3.8, 4) is 0 Å². The smallest absolute Gasteiger partial charge is 0.0364 e. The van der Waals surface area contributed by atoms with Gasteiger partial charge in [-0.1, -0.05) is 140 Å². The number of rotatable bonds is 2. The van der Waals surface area contributed by atoms with Crippen LogP contribution >= 0.6 is 0 Å². The van der Waals surface area contributed by atoms with Crippen molar-refractivity contribution in [3.05, 3.63) is 172 Å². The van der Waals surface area contributed by atoms with Gasteiger partial charge >= 0.3 is 0 Å². The molecule has 0 N–H and O–H groups in total. The monoisotopic (exact) mass is 518 g/mol. The SMILES string of the molecule is C1=CC2c3c(ccc4cccc1c34)C1=C3c4cccc5cccc(c45)C3C(c3ccccc3)=C(c3ccccc3)C12. The molecule has 0 saturated carbocycles. The van der Waals surface area contributed by atoms with Crippen LogP contribution in [0.4, 0.5) is 0 Å². The van der Waals surface area contributed by atoms with Crippen LogP contribution in [0, 0.1) is 5.92 Å². The first-order valence-electron chi connectivity index (χ1n) is 14.7. The van der Waals surface area contributed by atoms with E-state index in [1.54, 1.807) is 5.57 Å². The van der Waals surface area contributed by atoms with Crippen LogP contribution in [0.5, 0.6) is 0 Å². The molecule has 10 rings (SSSR count). The lowest BCUT2D eigenvalue weighted by atomic mass is 9.66. The highest BCUT2D eigenvalue weighted by Gasteiger charge is 2.50. The zero-order chi connectivity index (χ0) is 26.7. The normalized spacial score (nSPS) is 21.1. The topological polar surface area (TPSA) is 0 Å². The van der Waals surface area contributed by atoms with Gasteiger partial charge in [-0.3, -0.25) is 0 Å². The Hall–Kier alpha value is -4.94. The van der Waals surface area contributed by atoms with Crippen molar-refractivity contribution in [1.82, 2.24) is 0 Å². The van der Waals surface area contributed by atoms with Crippen molar-refractivity contribution in [1.29, 1.82) is 0 Å². The molecule has 0 aliphatic heterocycles. The molecule has 190 valence electrons. The second kappa shape index (κ2) is 7.83. The second-order valence-corrected chi connectivity index (χ2v) is 11.9. The highest BCUT2D eigenvalue weighted by molar-refractivity contribution is 6.23. The quantitative estimate of drug-likeness (QED) is 0.214. The maximum absolute atomic E-state index is 2.51. The summed E-state index contributed by atoms with van der Waals surface area (Å²) in [6, 6.07) is 47.9. The molecule has 0 bridgehead atoms. The predicted molar refractivity (Wildman–Crippen MR) is 172 cm³/mol. The Bertz CT molecular complexity index is 2190. The van der Waals surface area contributed by atoms with Gasteiger partial charge < -0.3 is 0 Å². The van der Waals surface area contributed by atoms with E-state index >= 15 is 0 Å². The molecular weight excluding hydrogens is 492 g/mol. The maximum Gasteiger partial charge on any atom is 0.0364 e. The molecule has 3 atom stereocenters. The van der Waals surface area contributed by atoms with Gasteiger partial charge in [-0.2, -0.15) is 0 Å². The van der Waals surface area contributed by atoms with Gasteiger partial charge in [0, 0.05) is 17.8 Å². The summed E-state index contributed by atoms with van der Waals surface area (Å²) in [5.74, 6) is 0.764. The minimum atomic E-state index is 0.197. The number of hydrogen-bond acceptors (Lipinski definition) is 0. The van der Waals surface area contributed by atoms with Crippen LogP contribution in [-0.4, -0.2) is 0 Å². The summed E-state index contributed by atoms with van der Waals surface area (Å²) < 4.78 is 0. The van der Waals surface area contributed by atoms with Crippen molar-refractivity contribution in [2.45, 2.75) is 11.8 Å². The van der Waals surface area contributed by atoms with E-state index in [-0.39, 0.29) is 11.8 Å². The third-order valence-corrected chi connectivity index (χ3v) is 10.1. The summed E-state index contributed by atoms with van der Waals surface area (Å²) in [5.41, 5.74) is 15.9. The fraction of sp³-hybridized carbons (Fsp3) is 0.0732. The molecule has 0 heteroatoms. The largest absolute Gasteiger partial charge is 0.0754 e. The molecule has 4 aliphatic rings. The Balaban J connectivity index is 1.42. The number of benzene rings is 6. The maximum atomic E-state index is 2.51. The molecule has 3 unspecified atom stereocenters. The summed E-state index contributed by atoms with van der Waals surface area (Å²) in [5, 5.41) is 5.56. The van der Waals surface area contributed by atoms with Gasteiger partial charge in [0.1, 0.15) is 0 Å². The van der Waals surface area contributed by atoms with Crippen LogP contribution in [0.3, 0.4) is 0 Å². The third kappa shape index (κ3) is 2.70. The van der Waals surface area contributed by atoms with E-state index < -0.39 is 0 Å². The molecule has 4 aliphatic carbocycles. The second-order valence-electron chi connectivity index (χ2n) is 11.9. The molecule has 0 saturated heterocycles. The molecule has 0 heterocycles. The highest BCUT2D eigenvalue weighted by atomic mass is 14.5. The van der Waals surface area contributed by atoms with Crippen molar-refractivity contribution in [3.63, 3.8) is 0 Å². The van der Waals surface area contributed by atoms with E-state index in [1.807, 2.05) is 0 Å². The minimum absolute atomic E-state index is 0.197. The fourth-order valence-electron chi connectivity index (χ4n) is 8.68. The van der Waals surface area contributed by atoms with E-state index in [4.69, 9.17) is 0 Å². The summed E-state index contributed by atoms with van der Waals surface area (Å²) in [4.78, 5) is 0. The molecule has 0 spiro atoms. The van der Waals surface area contributed by atoms with Crippen molar-refractivity contribution >= 4 is 49.9 Å². The van der Waals surface area contributed by atoms with Gasteiger partial charge in [-0.15, -0.1) is 0 Å². The minimum Gasteiger partial charge on any atom is -0.0754 e. The standard InChI is InChI=1S/C41H26/c1-3-10-25(11-4-1)35-36(26-12-5-2-6-13-26)39-31-22-20-27-14-7-15-28-21-23-32(37(31)33(27)28)41(39)40-30-19-9-17-24-16-8-18-29(34(24)30)38(35)40/h1-23,31,38-39H. The lowest BCUT2D eigenvalue weighted by Gasteiger charge is -2.36. The van der Waals surface area contributed by atoms with Crippen LogP contribution in [0.25, 0.3) is 49.9 Å². The molecule has 0 amide bonds. The lowest BCUT2D eigenvalue weighted by Crippen LogP contribution is -2.19. The third-order valence-electron chi connectivity index (χ3n) is 10.1. The number of hydrogen-bond donors (Lipinski definition) is 0. The number of allylic oxidation sites excluding steroid dienone is 5. The van der Waals surface area contributed by atoms with Gasteiger partial charge in [-0.05, 0) is 82.8 Å². The first kappa shape index (κ1) is 21.8. The Morgan fingerprint density at radius 3 is 1.90 bits per heavy atom. The Morgan fingerprint density at radius 1 is 0.439 bits per heavy atom. The zero-order valence-corrected chi connectivity index (χ0v) is 22.5. The first-order chi connectivity index (χ1) is 20.4. The van der Waals surface area contributed by atoms with E-state index in [0.717, 1.165) is 0 Å². The average molecular weight is 519 g/mol. The molecule has 0 nitrogen and oxygen atoms in total. The lowest BCUT2D eigenvalue weighted by molar-refractivity contribution is 0.776. The van der Waals surface area contributed by atoms with E-state index in [0.29, 0.717) is 5.92 Å². The molecule has 6 aromatic rings. The van der Waals surface area contributed by atoms with Gasteiger partial charge in [0.2, 0.25) is 0 Å². The summed E-state index contributed by atoms with van der Waals surface area (Å²) in [6.45, 7) is 0. The predicted octanol–water partition coefficient (Wildman–Crippen LogP) is 10.4. The van der Waals surface area contributed by atoms with Gasteiger partial charge in [0.25, 0.3) is 0 Å². The zero-order valence-electron chi connectivity index (χ0n) is 22.5. The molecule has 0 aromatic heterocycles. The molecular formula is C41H26. The van der Waals surface area contributed by atoms with E-state index in [1.165, 1.54) is 77.2 Å². The van der Waals surface area contributed by atoms with Crippen LogP contribution in [-0.2, 0) is 0 Å². The molecule has 41 heavy (non-hydrogen) atoms. The highest BCUT2D eigenvalue weighted by Crippen LogP contribution is 2.68. The van der Waals surface area contributed by atoms with Crippen molar-refractivity contribution < 1.29 is 0 Å². The molecule has 0 fully saturated rings. The van der Waals surface area contributed by atoms with Crippen LogP contribution < -0.4 is 0 Å². The van der Waals surface area contributed by atoms with Crippen molar-refractivity contribution in [2.75, 3.05) is 0 Å². The average Bonchev–Trinajstić information content (AvgIpc) is 3.55. The van der Waals surface area contributed by atoms with Crippen LogP contribution in [0.2, 0.25) is 0 Å². The van der Waals surface area contributed by atoms with Gasteiger partial charge in [0.05, 0.1) is 0 Å². The van der Waals surface area contributed by atoms with E-state index in [2.05, 4.69) is 140 Å². The van der Waals surface area contributed by atoms with Crippen LogP contribution in [0.1, 0.15) is 50.8 Å². The van der Waals surface area contributed by atoms with Crippen LogP contribution in [0.15, 0.2) is 133 Å². The summed E-state index contributed by atoms with van der Waals surface area (Å²) in [6.07, 6.45) is 4.89. The Labute approximate surface area is 239 Å². The summed E-state index contributed by atoms with van der Waals surface area (Å²) in [7, 11) is 0. The van der Waals surface area contributed by atoms with Crippen molar-refractivity contribution in [2.24, 2.45) is 5.92 Å². The van der Waals surface area contributed by atoms with E-state index in [9.17, 15) is 0 Å². The Morgan fingerprint density at radius 2 is 1.12 bits per heavy atom. The molecule has 6 aromatic carbocycles. The first-order valence-corrected chi connectivity index (χ1v) is 14.7. The van der Waals surface area contributed by atoms with Gasteiger partial charge in [0.15, 0.2) is 0 Å². The fourth-order valence-corrected chi connectivity index (χ4v) is 8.68. The number of fused-ring (bicyclic) bond motifs is 6. The molecule has 0 radical (unpaired) electrons. The van der Waals surface area contributed by atoms with Gasteiger partial charge in [-0.25, -0.2) is 0 Å². The Kier molecular flexibility index (Phi) is 4.17.